The highest BCUT2D eigenvalue weighted by Crippen LogP contribution is 2.14. The second kappa shape index (κ2) is 5.64. The van der Waals surface area contributed by atoms with Crippen LogP contribution in [0.2, 0.25) is 0 Å². The third-order valence-electron chi connectivity index (χ3n) is 3.85. The van der Waals surface area contributed by atoms with Crippen LogP contribution in [0, 0.1) is 5.92 Å². The van der Waals surface area contributed by atoms with Gasteiger partial charge >= 0.3 is 0 Å². The van der Waals surface area contributed by atoms with Crippen molar-refractivity contribution in [1.82, 2.24) is 15.5 Å². The first kappa shape index (κ1) is 11.9. The smallest absolute Gasteiger partial charge is 0.224 e. The second-order valence-electron chi connectivity index (χ2n) is 5.07. The van der Waals surface area contributed by atoms with E-state index >= 15 is 0 Å². The van der Waals surface area contributed by atoms with Crippen molar-refractivity contribution >= 4 is 5.91 Å². The van der Waals surface area contributed by atoms with Gasteiger partial charge in [0, 0.05) is 19.1 Å². The number of nitrogens with one attached hydrogen (secondary N) is 2. The van der Waals surface area contributed by atoms with Gasteiger partial charge in [-0.05, 0) is 45.8 Å². The Bertz CT molecular complexity index is 238. The standard InChI is InChI=1S/C12H23N3O/c1-15-7-3-5-11(15)9-14-12(16)10-4-2-6-13-8-10/h10-11,13H,2-9H2,1H3,(H,14,16)/t10-,11?/m0/s1. The fourth-order valence-electron chi connectivity index (χ4n) is 2.68. The molecule has 4 nitrogen and oxygen atoms in total. The van der Waals surface area contributed by atoms with Gasteiger partial charge in [-0.15, -0.1) is 0 Å². The van der Waals surface area contributed by atoms with Crippen LogP contribution in [0.5, 0.6) is 0 Å². The molecular formula is C12H23N3O. The second-order valence-corrected chi connectivity index (χ2v) is 5.07. The molecule has 0 aromatic rings. The summed E-state index contributed by atoms with van der Waals surface area (Å²) in [6.45, 7) is 3.92. The number of rotatable bonds is 3. The summed E-state index contributed by atoms with van der Waals surface area (Å²) >= 11 is 0. The average Bonchev–Trinajstić information content (AvgIpc) is 2.73. The van der Waals surface area contributed by atoms with E-state index in [1.165, 1.54) is 19.4 Å². The summed E-state index contributed by atoms with van der Waals surface area (Å²) in [5, 5.41) is 6.39. The Hall–Kier alpha value is -0.610. The highest BCUT2D eigenvalue weighted by molar-refractivity contribution is 5.79. The Morgan fingerprint density at radius 3 is 2.94 bits per heavy atom. The van der Waals surface area contributed by atoms with Crippen molar-refractivity contribution < 1.29 is 4.79 Å². The Morgan fingerprint density at radius 2 is 2.31 bits per heavy atom. The number of carbonyl (C=O) groups excluding carboxylic acids is 1. The zero-order valence-electron chi connectivity index (χ0n) is 10.2. The quantitative estimate of drug-likeness (QED) is 0.721. The minimum absolute atomic E-state index is 0.195. The number of hydrogen-bond acceptors (Lipinski definition) is 3. The molecule has 0 bridgehead atoms. The lowest BCUT2D eigenvalue weighted by Gasteiger charge is -2.24. The van der Waals surface area contributed by atoms with E-state index in [1.807, 2.05) is 0 Å². The molecular weight excluding hydrogens is 202 g/mol. The molecule has 0 saturated carbocycles. The number of piperidine rings is 1. The maximum absolute atomic E-state index is 11.9. The van der Waals surface area contributed by atoms with Gasteiger partial charge in [-0.2, -0.15) is 0 Å². The third kappa shape index (κ3) is 2.95. The molecule has 1 amide bonds. The molecule has 2 aliphatic heterocycles. The molecule has 0 aromatic carbocycles. The molecule has 2 saturated heterocycles. The highest BCUT2D eigenvalue weighted by Gasteiger charge is 2.24. The minimum Gasteiger partial charge on any atom is -0.354 e. The predicted octanol–water partition coefficient (Wildman–Crippen LogP) is 0.196. The SMILES string of the molecule is CN1CCCC1CNC(=O)[C@H]1CCCNC1. The molecule has 2 aliphatic rings. The van der Waals surface area contributed by atoms with Gasteiger partial charge in [0.05, 0.1) is 5.92 Å². The van der Waals surface area contributed by atoms with Crippen molar-refractivity contribution in [3.8, 4) is 0 Å². The molecule has 2 rings (SSSR count). The van der Waals surface area contributed by atoms with Gasteiger partial charge in [0.1, 0.15) is 0 Å². The van der Waals surface area contributed by atoms with Crippen LogP contribution in [0.15, 0.2) is 0 Å². The van der Waals surface area contributed by atoms with Gasteiger partial charge in [0.2, 0.25) is 5.91 Å². The Kier molecular flexibility index (Phi) is 4.18. The molecule has 2 fully saturated rings. The number of likely N-dealkylation sites (N-methyl/N-ethyl adjacent to an activating group) is 1. The summed E-state index contributed by atoms with van der Waals surface area (Å²) in [5.41, 5.74) is 0. The number of carbonyl (C=O) groups is 1. The van der Waals surface area contributed by atoms with Crippen molar-refractivity contribution in [2.75, 3.05) is 33.2 Å². The summed E-state index contributed by atoms with van der Waals surface area (Å²) in [6.07, 6.45) is 4.66. The summed E-state index contributed by atoms with van der Waals surface area (Å²) in [6, 6.07) is 0.556. The van der Waals surface area contributed by atoms with Crippen molar-refractivity contribution in [2.45, 2.75) is 31.7 Å². The first-order valence-electron chi connectivity index (χ1n) is 6.46. The zero-order valence-corrected chi connectivity index (χ0v) is 10.2. The number of hydrogen-bond donors (Lipinski definition) is 2. The average molecular weight is 225 g/mol. The Labute approximate surface area is 97.8 Å². The topological polar surface area (TPSA) is 44.4 Å². The first-order valence-corrected chi connectivity index (χ1v) is 6.46. The van der Waals surface area contributed by atoms with Crippen molar-refractivity contribution in [1.29, 1.82) is 0 Å². The van der Waals surface area contributed by atoms with E-state index in [1.54, 1.807) is 0 Å². The molecule has 2 heterocycles. The van der Waals surface area contributed by atoms with Crippen LogP contribution in [0.25, 0.3) is 0 Å². The monoisotopic (exact) mass is 225 g/mol. The molecule has 0 aliphatic carbocycles. The largest absolute Gasteiger partial charge is 0.354 e. The van der Waals surface area contributed by atoms with Crippen LogP contribution < -0.4 is 10.6 Å². The molecule has 1 unspecified atom stereocenters. The van der Waals surface area contributed by atoms with Crippen molar-refractivity contribution in [3.63, 3.8) is 0 Å². The molecule has 16 heavy (non-hydrogen) atoms. The molecule has 2 N–H and O–H groups in total. The van der Waals surface area contributed by atoms with E-state index in [4.69, 9.17) is 0 Å². The number of nitrogens with zero attached hydrogens (tertiary/aromatic N) is 1. The summed E-state index contributed by atoms with van der Waals surface area (Å²) in [7, 11) is 2.14. The molecule has 0 radical (unpaired) electrons. The first-order chi connectivity index (χ1) is 7.77. The fourth-order valence-corrected chi connectivity index (χ4v) is 2.68. The van der Waals surface area contributed by atoms with Crippen LogP contribution >= 0.6 is 0 Å². The highest BCUT2D eigenvalue weighted by atomic mass is 16.1. The van der Waals surface area contributed by atoms with Gasteiger partial charge in [-0.3, -0.25) is 4.79 Å². The third-order valence-corrected chi connectivity index (χ3v) is 3.85. The van der Waals surface area contributed by atoms with Crippen LogP contribution in [-0.4, -0.2) is 50.1 Å². The van der Waals surface area contributed by atoms with E-state index in [2.05, 4.69) is 22.6 Å². The van der Waals surface area contributed by atoms with Crippen molar-refractivity contribution in [2.24, 2.45) is 5.92 Å². The maximum Gasteiger partial charge on any atom is 0.224 e. The van der Waals surface area contributed by atoms with Gasteiger partial charge in [0.25, 0.3) is 0 Å². The number of amides is 1. The van der Waals surface area contributed by atoms with Crippen LogP contribution in [-0.2, 0) is 4.79 Å². The van der Waals surface area contributed by atoms with Gasteiger partial charge in [-0.1, -0.05) is 0 Å². The Balaban J connectivity index is 1.70. The maximum atomic E-state index is 11.9. The summed E-state index contributed by atoms with van der Waals surface area (Å²) < 4.78 is 0. The molecule has 4 heteroatoms. The predicted molar refractivity (Wildman–Crippen MR) is 64.3 cm³/mol. The van der Waals surface area contributed by atoms with Crippen molar-refractivity contribution in [3.05, 3.63) is 0 Å². The molecule has 0 aromatic heterocycles. The number of likely N-dealkylation sites (tertiary alicyclic amines) is 1. The van der Waals surface area contributed by atoms with Crippen LogP contribution in [0.4, 0.5) is 0 Å². The van der Waals surface area contributed by atoms with E-state index in [9.17, 15) is 4.79 Å². The normalized spacial score (nSPS) is 31.6. The van der Waals surface area contributed by atoms with Gasteiger partial charge in [0.15, 0.2) is 0 Å². The lowest BCUT2D eigenvalue weighted by molar-refractivity contribution is -0.125. The summed E-state index contributed by atoms with van der Waals surface area (Å²) in [5.74, 6) is 0.438. The lowest BCUT2D eigenvalue weighted by Crippen LogP contribution is -2.44. The molecule has 92 valence electrons. The van der Waals surface area contributed by atoms with E-state index in [0.717, 1.165) is 32.5 Å². The summed E-state index contributed by atoms with van der Waals surface area (Å²) in [4.78, 5) is 14.2. The van der Waals surface area contributed by atoms with Gasteiger partial charge < -0.3 is 15.5 Å². The van der Waals surface area contributed by atoms with E-state index in [0.29, 0.717) is 6.04 Å². The van der Waals surface area contributed by atoms with E-state index in [-0.39, 0.29) is 11.8 Å². The lowest BCUT2D eigenvalue weighted by atomic mass is 9.99. The zero-order chi connectivity index (χ0) is 11.4. The molecule has 2 atom stereocenters. The van der Waals surface area contributed by atoms with Crippen LogP contribution in [0.3, 0.4) is 0 Å². The van der Waals surface area contributed by atoms with Crippen LogP contribution in [0.1, 0.15) is 25.7 Å². The molecule has 0 spiro atoms. The fraction of sp³-hybridized carbons (Fsp3) is 0.917. The van der Waals surface area contributed by atoms with E-state index < -0.39 is 0 Å². The minimum atomic E-state index is 0.195. The van der Waals surface area contributed by atoms with Gasteiger partial charge in [-0.25, -0.2) is 0 Å². The Morgan fingerprint density at radius 1 is 1.44 bits per heavy atom.